The Bertz CT molecular complexity index is 1160. The molecule has 5 heterocycles. The molecule has 0 bridgehead atoms. The van der Waals surface area contributed by atoms with Crippen LogP contribution in [0.15, 0.2) is 30.9 Å². The zero-order valence-corrected chi connectivity index (χ0v) is 19.9. The maximum Gasteiger partial charge on any atom is 0.243 e. The van der Waals surface area contributed by atoms with Gasteiger partial charge in [0.2, 0.25) is 17.8 Å². The summed E-state index contributed by atoms with van der Waals surface area (Å²) in [5.74, 6) is 1.55. The number of hydrogen-bond acceptors (Lipinski definition) is 8. The summed E-state index contributed by atoms with van der Waals surface area (Å²) in [5, 5.41) is 16.9. The lowest BCUT2D eigenvalue weighted by Gasteiger charge is -2.32. The van der Waals surface area contributed by atoms with Gasteiger partial charge in [0.1, 0.15) is 11.7 Å². The number of carbonyl (C=O) groups excluding carboxylic acids is 1. The fourth-order valence-electron chi connectivity index (χ4n) is 4.80. The van der Waals surface area contributed by atoms with Gasteiger partial charge in [0.15, 0.2) is 5.82 Å². The van der Waals surface area contributed by atoms with Crippen LogP contribution in [-0.4, -0.2) is 84.7 Å². The van der Waals surface area contributed by atoms with E-state index in [0.717, 1.165) is 25.9 Å². The summed E-state index contributed by atoms with van der Waals surface area (Å²) in [5.41, 5.74) is 0.699. The van der Waals surface area contributed by atoms with E-state index in [-0.39, 0.29) is 11.9 Å². The first kappa shape index (κ1) is 22.6. The van der Waals surface area contributed by atoms with E-state index in [1.165, 1.54) is 0 Å². The van der Waals surface area contributed by atoms with Crippen molar-refractivity contribution >= 4 is 29.3 Å². The minimum absolute atomic E-state index is 0.0825. The number of likely N-dealkylation sites (N-methyl/N-ethyl adjacent to an activating group) is 1. The Morgan fingerprint density at radius 3 is 2.88 bits per heavy atom. The van der Waals surface area contributed by atoms with E-state index < -0.39 is 12.1 Å². The van der Waals surface area contributed by atoms with Crippen molar-refractivity contribution in [1.82, 2.24) is 34.1 Å². The number of anilines is 3. The van der Waals surface area contributed by atoms with E-state index in [9.17, 15) is 9.90 Å². The number of nitrogens with zero attached hydrogens (tertiary/aromatic N) is 7. The van der Waals surface area contributed by atoms with Crippen LogP contribution < -0.4 is 15.5 Å². The lowest BCUT2D eigenvalue weighted by atomic mass is 10.1. The van der Waals surface area contributed by atoms with Crippen LogP contribution in [0.4, 0.5) is 17.7 Å². The van der Waals surface area contributed by atoms with Crippen LogP contribution in [0.1, 0.15) is 39.2 Å². The first-order valence-corrected chi connectivity index (χ1v) is 12.0. The zero-order chi connectivity index (χ0) is 23.8. The number of likely N-dealkylation sites (tertiary alicyclic amines) is 1. The molecule has 1 amide bonds. The minimum atomic E-state index is -0.616. The van der Waals surface area contributed by atoms with Crippen LogP contribution in [0.25, 0.3) is 5.65 Å². The highest BCUT2D eigenvalue weighted by molar-refractivity contribution is 5.86. The van der Waals surface area contributed by atoms with Gasteiger partial charge < -0.3 is 30.1 Å². The number of hydrogen-bond donors (Lipinski definition) is 3. The Labute approximate surface area is 198 Å². The molecule has 11 nitrogen and oxygen atoms in total. The van der Waals surface area contributed by atoms with E-state index in [0.29, 0.717) is 42.4 Å². The minimum Gasteiger partial charge on any atom is -0.391 e. The molecule has 0 aromatic carbocycles. The Morgan fingerprint density at radius 1 is 1.26 bits per heavy atom. The average molecular weight is 468 g/mol. The fraction of sp³-hybridized carbons (Fsp3) is 0.565. The number of amides is 1. The summed E-state index contributed by atoms with van der Waals surface area (Å²) in [4.78, 5) is 31.2. The summed E-state index contributed by atoms with van der Waals surface area (Å²) in [7, 11) is 2.07. The second-order valence-corrected chi connectivity index (χ2v) is 9.68. The summed E-state index contributed by atoms with van der Waals surface area (Å²) in [6, 6.07) is 3.68. The molecule has 3 N–H and O–H groups in total. The monoisotopic (exact) mass is 467 g/mol. The molecule has 3 aromatic heterocycles. The molecule has 0 aliphatic carbocycles. The van der Waals surface area contributed by atoms with Crippen LogP contribution in [0.5, 0.6) is 0 Å². The van der Waals surface area contributed by atoms with Crippen molar-refractivity contribution in [2.75, 3.05) is 36.9 Å². The largest absolute Gasteiger partial charge is 0.391 e. The predicted octanol–water partition coefficient (Wildman–Crippen LogP) is 1.40. The van der Waals surface area contributed by atoms with Crippen molar-refractivity contribution in [3.63, 3.8) is 0 Å². The SMILES string of the molecule is CC(C)n1cnc(Nc2nc(N3CC(O)CC3C(=O)NC3CCCN(C)C3)nc3cccn23)c1. The van der Waals surface area contributed by atoms with Crippen LogP contribution in [0.3, 0.4) is 0 Å². The number of β-amino-alcohol motifs (C(OH)–C–C–N with tert-alkyl or cyclic N) is 1. The highest BCUT2D eigenvalue weighted by Gasteiger charge is 2.39. The van der Waals surface area contributed by atoms with Crippen molar-refractivity contribution < 1.29 is 9.90 Å². The maximum absolute atomic E-state index is 13.2. The van der Waals surface area contributed by atoms with E-state index in [1.807, 2.05) is 38.4 Å². The molecular weight excluding hydrogens is 434 g/mol. The number of aromatic nitrogens is 5. The second kappa shape index (κ2) is 9.22. The molecule has 3 aromatic rings. The molecule has 0 saturated carbocycles. The summed E-state index contributed by atoms with van der Waals surface area (Å²) in [6.45, 7) is 6.38. The summed E-state index contributed by atoms with van der Waals surface area (Å²) in [6.07, 6.45) is 7.35. The normalized spacial score (nSPS) is 23.7. The Balaban J connectivity index is 1.41. The third-order valence-corrected chi connectivity index (χ3v) is 6.62. The van der Waals surface area contributed by atoms with Crippen molar-refractivity contribution in [1.29, 1.82) is 0 Å². The number of piperidine rings is 1. The Morgan fingerprint density at radius 2 is 2.12 bits per heavy atom. The van der Waals surface area contributed by atoms with Gasteiger partial charge in [-0.05, 0) is 52.4 Å². The topological polar surface area (TPSA) is 116 Å². The first-order chi connectivity index (χ1) is 16.4. The van der Waals surface area contributed by atoms with Gasteiger partial charge in [-0.15, -0.1) is 0 Å². The molecule has 2 saturated heterocycles. The van der Waals surface area contributed by atoms with Crippen LogP contribution in [0, 0.1) is 0 Å². The number of aliphatic hydroxyl groups excluding tert-OH is 1. The molecule has 3 unspecified atom stereocenters. The maximum atomic E-state index is 13.2. The molecule has 11 heteroatoms. The van der Waals surface area contributed by atoms with Crippen LogP contribution in [-0.2, 0) is 4.79 Å². The fourth-order valence-corrected chi connectivity index (χ4v) is 4.80. The highest BCUT2D eigenvalue weighted by atomic mass is 16.3. The zero-order valence-electron chi connectivity index (χ0n) is 19.9. The van der Waals surface area contributed by atoms with Gasteiger partial charge in [-0.3, -0.25) is 9.20 Å². The molecule has 182 valence electrons. The molecule has 5 rings (SSSR count). The standard InChI is InChI=1S/C23H33N9O2/c1-15(2)30-13-19(24-14-30)26-22-28-23(27-20-7-5-9-31(20)22)32-12-17(33)10-18(32)21(34)25-16-6-4-8-29(3)11-16/h5,7,9,13-18,33H,4,6,8,10-12H2,1-3H3,(H,25,34)(H,26,27,28). The molecule has 0 radical (unpaired) electrons. The second-order valence-electron chi connectivity index (χ2n) is 9.68. The van der Waals surface area contributed by atoms with E-state index in [2.05, 4.69) is 41.4 Å². The van der Waals surface area contributed by atoms with Crippen molar-refractivity contribution in [2.24, 2.45) is 0 Å². The van der Waals surface area contributed by atoms with Gasteiger partial charge in [-0.1, -0.05) is 0 Å². The molecule has 0 spiro atoms. The van der Waals surface area contributed by atoms with Gasteiger partial charge in [-0.25, -0.2) is 4.98 Å². The van der Waals surface area contributed by atoms with Gasteiger partial charge in [0.05, 0.1) is 12.4 Å². The van der Waals surface area contributed by atoms with Crippen molar-refractivity contribution in [3.8, 4) is 0 Å². The number of fused-ring (bicyclic) bond motifs is 1. The molecule has 34 heavy (non-hydrogen) atoms. The molecule has 2 fully saturated rings. The highest BCUT2D eigenvalue weighted by Crippen LogP contribution is 2.26. The summed E-state index contributed by atoms with van der Waals surface area (Å²) < 4.78 is 3.86. The van der Waals surface area contributed by atoms with E-state index >= 15 is 0 Å². The number of carbonyl (C=O) groups is 1. The molecule has 2 aliphatic heterocycles. The number of rotatable bonds is 6. The van der Waals surface area contributed by atoms with Crippen LogP contribution in [0.2, 0.25) is 0 Å². The third kappa shape index (κ3) is 4.58. The van der Waals surface area contributed by atoms with Gasteiger partial charge >= 0.3 is 0 Å². The summed E-state index contributed by atoms with van der Waals surface area (Å²) >= 11 is 0. The van der Waals surface area contributed by atoms with Gasteiger partial charge in [0.25, 0.3) is 0 Å². The van der Waals surface area contributed by atoms with Crippen LogP contribution >= 0.6 is 0 Å². The molecule has 3 atom stereocenters. The number of imidazole rings is 1. The predicted molar refractivity (Wildman–Crippen MR) is 129 cm³/mol. The quantitative estimate of drug-likeness (QED) is 0.498. The lowest BCUT2D eigenvalue weighted by Crippen LogP contribution is -2.52. The van der Waals surface area contributed by atoms with Crippen molar-refractivity contribution in [3.05, 3.63) is 30.9 Å². The number of nitrogens with one attached hydrogen (secondary N) is 2. The van der Waals surface area contributed by atoms with Gasteiger partial charge in [0, 0.05) is 44.0 Å². The number of aliphatic hydroxyl groups is 1. The van der Waals surface area contributed by atoms with E-state index in [1.54, 1.807) is 6.33 Å². The Hall–Kier alpha value is -3.18. The Kier molecular flexibility index (Phi) is 6.13. The van der Waals surface area contributed by atoms with Crippen molar-refractivity contribution in [2.45, 2.75) is 57.3 Å². The lowest BCUT2D eigenvalue weighted by molar-refractivity contribution is -0.123. The van der Waals surface area contributed by atoms with E-state index in [4.69, 9.17) is 9.97 Å². The third-order valence-electron chi connectivity index (χ3n) is 6.62. The first-order valence-electron chi connectivity index (χ1n) is 12.0. The smallest absolute Gasteiger partial charge is 0.243 e. The molecule has 2 aliphatic rings. The average Bonchev–Trinajstić information content (AvgIpc) is 3.53. The molecular formula is C23H33N9O2. The van der Waals surface area contributed by atoms with Gasteiger partial charge in [-0.2, -0.15) is 9.97 Å².